The molecule has 1 saturated heterocycles. The van der Waals surface area contributed by atoms with Gasteiger partial charge in [0.1, 0.15) is 5.60 Å². The quantitative estimate of drug-likeness (QED) is 0.605. The fourth-order valence-electron chi connectivity index (χ4n) is 3.49. The molecule has 0 aromatic carbocycles. The van der Waals surface area contributed by atoms with E-state index in [1.165, 1.54) is 10.9 Å². The average molecular weight is 438 g/mol. The first kappa shape index (κ1) is 23.0. The predicted molar refractivity (Wildman–Crippen MR) is 116 cm³/mol. The van der Waals surface area contributed by atoms with Crippen molar-refractivity contribution in [2.45, 2.75) is 78.0 Å². The van der Waals surface area contributed by atoms with Gasteiger partial charge in [-0.25, -0.2) is 14.2 Å². The number of halogens is 1. The third-order valence-electron chi connectivity index (χ3n) is 5.11. The highest BCUT2D eigenvalue weighted by molar-refractivity contribution is 5.84. The van der Waals surface area contributed by atoms with Crippen LogP contribution in [0, 0.1) is 0 Å². The lowest BCUT2D eigenvalue weighted by Crippen LogP contribution is -2.36. The number of ether oxygens (including phenoxy) is 1. The second kappa shape index (κ2) is 9.21. The zero-order valence-electron chi connectivity index (χ0n) is 18.7. The van der Waals surface area contributed by atoms with Gasteiger partial charge in [-0.2, -0.15) is 9.97 Å². The minimum Gasteiger partial charge on any atom is -0.444 e. The minimum atomic E-state index is -0.768. The van der Waals surface area contributed by atoms with Gasteiger partial charge in [-0.15, -0.1) is 0 Å². The highest BCUT2D eigenvalue weighted by Crippen LogP contribution is 2.25. The van der Waals surface area contributed by atoms with Crippen molar-refractivity contribution < 1.29 is 19.0 Å². The van der Waals surface area contributed by atoms with E-state index in [1.807, 2.05) is 27.7 Å². The number of imidazole rings is 1. The van der Waals surface area contributed by atoms with Gasteiger partial charge in [0.25, 0.3) is 0 Å². The number of anilines is 2. The van der Waals surface area contributed by atoms with E-state index >= 15 is 0 Å². The number of nitrogens with one attached hydrogen (secondary N) is 2. The lowest BCUT2D eigenvalue weighted by atomic mass is 10.1. The first-order valence-electron chi connectivity index (χ1n) is 10.6. The van der Waals surface area contributed by atoms with Crippen LogP contribution in [-0.4, -0.2) is 72.5 Å². The molecule has 0 saturated carbocycles. The summed E-state index contributed by atoms with van der Waals surface area (Å²) >= 11 is 0. The van der Waals surface area contributed by atoms with Gasteiger partial charge in [-0.05, 0) is 40.5 Å². The largest absolute Gasteiger partial charge is 0.444 e. The van der Waals surface area contributed by atoms with Gasteiger partial charge in [0.15, 0.2) is 23.8 Å². The van der Waals surface area contributed by atoms with Crippen molar-refractivity contribution in [2.75, 3.05) is 23.7 Å². The second-order valence-corrected chi connectivity index (χ2v) is 8.86. The molecular formula is C20H32FN7O3. The molecule has 2 aromatic heterocycles. The van der Waals surface area contributed by atoms with E-state index in [2.05, 4.69) is 25.6 Å². The first-order chi connectivity index (χ1) is 14.6. The Morgan fingerprint density at radius 3 is 2.77 bits per heavy atom. The monoisotopic (exact) mass is 437 g/mol. The Labute approximate surface area is 181 Å². The second-order valence-electron chi connectivity index (χ2n) is 8.86. The van der Waals surface area contributed by atoms with Crippen LogP contribution < -0.4 is 10.6 Å². The van der Waals surface area contributed by atoms with E-state index in [0.717, 1.165) is 0 Å². The van der Waals surface area contributed by atoms with Gasteiger partial charge in [-0.1, -0.05) is 6.92 Å². The van der Waals surface area contributed by atoms with Crippen LogP contribution in [0.15, 0.2) is 6.33 Å². The summed E-state index contributed by atoms with van der Waals surface area (Å²) in [5.74, 6) is 0.733. The van der Waals surface area contributed by atoms with Crippen LogP contribution in [0.25, 0.3) is 11.2 Å². The third kappa shape index (κ3) is 5.52. The predicted octanol–water partition coefficient (Wildman–Crippen LogP) is 2.75. The maximum atomic E-state index is 13.4. The molecule has 10 nitrogen and oxygen atoms in total. The summed E-state index contributed by atoms with van der Waals surface area (Å²) < 4.78 is 20.2. The molecule has 172 valence electrons. The number of fused-ring (bicyclic) bond motifs is 1. The molecule has 0 unspecified atom stereocenters. The number of hydrogen-bond donors (Lipinski definition) is 3. The Morgan fingerprint density at radius 2 is 2.16 bits per heavy atom. The number of alkyl halides is 1. The summed E-state index contributed by atoms with van der Waals surface area (Å²) in [6.07, 6.45) is 1.79. The summed E-state index contributed by atoms with van der Waals surface area (Å²) in [5, 5.41) is 16.4. The van der Waals surface area contributed by atoms with Crippen LogP contribution in [0.5, 0.6) is 0 Å². The van der Waals surface area contributed by atoms with Crippen LogP contribution >= 0.6 is 0 Å². The van der Waals surface area contributed by atoms with Gasteiger partial charge >= 0.3 is 6.09 Å². The lowest BCUT2D eigenvalue weighted by Gasteiger charge is -2.24. The van der Waals surface area contributed by atoms with Crippen molar-refractivity contribution in [1.29, 1.82) is 0 Å². The van der Waals surface area contributed by atoms with Gasteiger partial charge in [0.2, 0.25) is 5.95 Å². The number of carbonyl (C=O) groups excluding carboxylic acids is 1. The fraction of sp³-hybridized carbons (Fsp3) is 0.700. The third-order valence-corrected chi connectivity index (χ3v) is 5.11. The molecule has 0 bridgehead atoms. The minimum absolute atomic E-state index is 0.0623. The van der Waals surface area contributed by atoms with Crippen molar-refractivity contribution in [3.63, 3.8) is 0 Å². The van der Waals surface area contributed by atoms with Crippen LogP contribution in [0.1, 0.15) is 47.5 Å². The molecule has 0 radical (unpaired) electrons. The summed E-state index contributed by atoms with van der Waals surface area (Å²) in [6, 6.07) is -0.311. The highest BCUT2D eigenvalue weighted by Gasteiger charge is 2.30. The molecule has 0 aliphatic carbocycles. The topological polar surface area (TPSA) is 117 Å². The Balaban J connectivity index is 1.81. The Hall–Kier alpha value is -2.69. The van der Waals surface area contributed by atoms with Crippen LogP contribution in [0.4, 0.5) is 21.0 Å². The van der Waals surface area contributed by atoms with Crippen LogP contribution in [-0.2, 0) is 11.5 Å². The summed E-state index contributed by atoms with van der Waals surface area (Å²) in [7, 11) is 0. The number of amides is 1. The fourth-order valence-corrected chi connectivity index (χ4v) is 3.49. The zero-order chi connectivity index (χ0) is 22.8. The first-order valence-corrected chi connectivity index (χ1v) is 10.6. The number of aromatic nitrogens is 4. The van der Waals surface area contributed by atoms with E-state index < -0.39 is 18.5 Å². The summed E-state index contributed by atoms with van der Waals surface area (Å²) in [6.45, 7) is 9.38. The number of carbonyl (C=O) groups is 1. The molecule has 3 N–H and O–H groups in total. The van der Waals surface area contributed by atoms with E-state index in [-0.39, 0.29) is 24.1 Å². The number of hydrogen-bond acceptors (Lipinski definition) is 8. The Bertz CT molecular complexity index is 912. The Morgan fingerprint density at radius 1 is 1.42 bits per heavy atom. The number of aliphatic hydroxyl groups excluding tert-OH is 1. The van der Waals surface area contributed by atoms with E-state index in [1.54, 1.807) is 11.8 Å². The molecule has 3 heterocycles. The van der Waals surface area contributed by atoms with Gasteiger partial charge in [0.05, 0.1) is 18.5 Å². The number of nitrogens with zero attached hydrogens (tertiary/aromatic N) is 5. The normalized spacial score (nSPS) is 18.8. The van der Waals surface area contributed by atoms with Crippen molar-refractivity contribution in [2.24, 2.45) is 0 Å². The lowest BCUT2D eigenvalue weighted by molar-refractivity contribution is 0.0293. The maximum absolute atomic E-state index is 13.4. The molecule has 1 amide bonds. The Kier molecular flexibility index (Phi) is 6.83. The molecule has 31 heavy (non-hydrogen) atoms. The molecule has 1 aliphatic heterocycles. The standard InChI is InChI=1S/C20H32FN7O3/c1-6-14(12(2)29)24-18-25-16(15-17(26-18)28(10-21)11-22-15)23-13-7-8-27(9-13)19(30)31-20(3,4)5/h11-14,29H,6-10H2,1-5H3,(H2,23,24,25,26)/t12-,13+,14+/m1/s1. The highest BCUT2D eigenvalue weighted by atomic mass is 19.1. The molecule has 3 atom stereocenters. The molecule has 1 aliphatic rings. The van der Waals surface area contributed by atoms with Crippen LogP contribution in [0.3, 0.4) is 0 Å². The molecule has 0 spiro atoms. The van der Waals surface area contributed by atoms with Crippen molar-refractivity contribution >= 4 is 29.0 Å². The summed E-state index contributed by atoms with van der Waals surface area (Å²) in [4.78, 5) is 27.2. The van der Waals surface area contributed by atoms with Gasteiger partial charge < -0.3 is 25.4 Å². The number of aliphatic hydroxyl groups is 1. The average Bonchev–Trinajstić information content (AvgIpc) is 3.31. The van der Waals surface area contributed by atoms with Crippen LogP contribution in [0.2, 0.25) is 0 Å². The van der Waals surface area contributed by atoms with E-state index in [9.17, 15) is 14.3 Å². The molecule has 11 heteroatoms. The zero-order valence-corrected chi connectivity index (χ0v) is 18.7. The summed E-state index contributed by atoms with van der Waals surface area (Å²) in [5.41, 5.74) is 0.245. The van der Waals surface area contributed by atoms with Gasteiger partial charge in [-0.3, -0.25) is 4.57 Å². The molecule has 1 fully saturated rings. The van der Waals surface area contributed by atoms with Crippen molar-refractivity contribution in [3.8, 4) is 0 Å². The van der Waals surface area contributed by atoms with Gasteiger partial charge in [0, 0.05) is 19.1 Å². The van der Waals surface area contributed by atoms with E-state index in [4.69, 9.17) is 4.74 Å². The molecule has 2 aromatic rings. The van der Waals surface area contributed by atoms with Crippen molar-refractivity contribution in [3.05, 3.63) is 6.33 Å². The SMILES string of the molecule is CC[C@H](Nc1nc(N[C@H]2CCN(C(=O)OC(C)(C)C)C2)c2ncn(CF)c2n1)[C@@H](C)O. The maximum Gasteiger partial charge on any atom is 0.410 e. The number of rotatable bonds is 7. The van der Waals surface area contributed by atoms with Crippen molar-refractivity contribution in [1.82, 2.24) is 24.4 Å². The smallest absolute Gasteiger partial charge is 0.410 e. The van der Waals surface area contributed by atoms with E-state index in [0.29, 0.717) is 42.9 Å². The number of likely N-dealkylation sites (tertiary alicyclic amines) is 1. The molecule has 3 rings (SSSR count). The molecular weight excluding hydrogens is 405 g/mol.